The summed E-state index contributed by atoms with van der Waals surface area (Å²) >= 11 is 1.21. The van der Waals surface area contributed by atoms with Crippen LogP contribution >= 0.6 is 11.8 Å². The van der Waals surface area contributed by atoms with Crippen molar-refractivity contribution in [2.24, 2.45) is 0 Å². The first kappa shape index (κ1) is 17.0. The van der Waals surface area contributed by atoms with Gasteiger partial charge >= 0.3 is 0 Å². The number of ketones is 1. The molecule has 1 aromatic heterocycles. The highest BCUT2D eigenvalue weighted by molar-refractivity contribution is 8.00. The van der Waals surface area contributed by atoms with Crippen molar-refractivity contribution < 1.29 is 9.59 Å². The number of Topliss-reactive ketones (excluding diaryl/α,β-unsaturated/α-hetero) is 1. The Balaban J connectivity index is 2.10. The third kappa shape index (κ3) is 4.53. The zero-order chi connectivity index (χ0) is 17.0. The van der Waals surface area contributed by atoms with Gasteiger partial charge in [-0.1, -0.05) is 23.9 Å². The Bertz CT molecular complexity index is 728. The van der Waals surface area contributed by atoms with E-state index in [0.717, 1.165) is 5.69 Å². The van der Waals surface area contributed by atoms with E-state index < -0.39 is 5.25 Å². The minimum Gasteiger partial charge on any atom is -0.384 e. The van der Waals surface area contributed by atoms with Crippen molar-refractivity contribution in [1.82, 2.24) is 9.97 Å². The smallest absolute Gasteiger partial charge is 0.237 e. The van der Waals surface area contributed by atoms with Gasteiger partial charge in [0.15, 0.2) is 10.9 Å². The number of amides is 1. The van der Waals surface area contributed by atoms with Crippen LogP contribution in [0.15, 0.2) is 35.5 Å². The fourth-order valence-electron chi connectivity index (χ4n) is 1.96. The Morgan fingerprint density at radius 3 is 2.61 bits per heavy atom. The molecular formula is C16H18N4O2S. The number of carbonyl (C=O) groups excluding carboxylic acids is 2. The van der Waals surface area contributed by atoms with E-state index in [2.05, 4.69) is 15.3 Å². The summed E-state index contributed by atoms with van der Waals surface area (Å²) in [6.45, 7) is 5.03. The molecule has 0 bridgehead atoms. The molecule has 0 saturated heterocycles. The molecule has 0 radical (unpaired) electrons. The van der Waals surface area contributed by atoms with E-state index in [9.17, 15) is 9.59 Å². The van der Waals surface area contributed by atoms with Gasteiger partial charge in [-0.05, 0) is 32.9 Å². The van der Waals surface area contributed by atoms with Crippen molar-refractivity contribution in [2.75, 3.05) is 11.1 Å². The van der Waals surface area contributed by atoms with E-state index in [0.29, 0.717) is 22.2 Å². The lowest BCUT2D eigenvalue weighted by Crippen LogP contribution is -2.23. The van der Waals surface area contributed by atoms with E-state index in [4.69, 9.17) is 5.73 Å². The number of benzene rings is 1. The molecule has 1 aromatic carbocycles. The van der Waals surface area contributed by atoms with Crippen molar-refractivity contribution in [3.05, 3.63) is 41.6 Å². The zero-order valence-corrected chi connectivity index (χ0v) is 14.0. The van der Waals surface area contributed by atoms with Crippen molar-refractivity contribution in [3.8, 4) is 0 Å². The second kappa shape index (κ2) is 7.23. The molecular weight excluding hydrogens is 312 g/mol. The highest BCUT2D eigenvalue weighted by Gasteiger charge is 2.18. The highest BCUT2D eigenvalue weighted by Crippen LogP contribution is 2.23. The maximum absolute atomic E-state index is 12.3. The van der Waals surface area contributed by atoms with Crippen molar-refractivity contribution in [3.63, 3.8) is 0 Å². The lowest BCUT2D eigenvalue weighted by Gasteiger charge is -2.13. The van der Waals surface area contributed by atoms with Crippen LogP contribution in [0.5, 0.6) is 0 Å². The van der Waals surface area contributed by atoms with Gasteiger partial charge in [-0.25, -0.2) is 9.97 Å². The Labute approximate surface area is 138 Å². The van der Waals surface area contributed by atoms with Gasteiger partial charge in [0.05, 0.1) is 10.9 Å². The third-order valence-electron chi connectivity index (χ3n) is 3.07. The van der Waals surface area contributed by atoms with E-state index in [-0.39, 0.29) is 11.7 Å². The van der Waals surface area contributed by atoms with Crippen LogP contribution in [-0.4, -0.2) is 26.9 Å². The largest absolute Gasteiger partial charge is 0.384 e. The minimum absolute atomic E-state index is 0.101. The van der Waals surface area contributed by atoms with Crippen LogP contribution in [0.4, 0.5) is 11.5 Å². The Morgan fingerprint density at radius 2 is 1.96 bits per heavy atom. The number of nitrogens with one attached hydrogen (secondary N) is 1. The first-order chi connectivity index (χ1) is 10.9. The van der Waals surface area contributed by atoms with Crippen LogP contribution < -0.4 is 11.1 Å². The van der Waals surface area contributed by atoms with E-state index in [1.165, 1.54) is 18.7 Å². The summed E-state index contributed by atoms with van der Waals surface area (Å²) in [6, 6.07) is 8.57. The quantitative estimate of drug-likeness (QED) is 0.497. The molecule has 3 N–H and O–H groups in total. The molecule has 0 aliphatic carbocycles. The van der Waals surface area contributed by atoms with Crippen LogP contribution in [0, 0.1) is 6.92 Å². The standard InChI is InChI=1S/C16H18N4O2S/c1-9-8-14(17)20-16(18-9)23-11(3)15(22)19-13-7-5-4-6-12(13)10(2)21/h4-8,11H,1-3H3,(H,19,22)(H2,17,18,20)/t11-/m1/s1. The van der Waals surface area contributed by atoms with Crippen LogP contribution in [0.3, 0.4) is 0 Å². The van der Waals surface area contributed by atoms with Crippen LogP contribution in [0.2, 0.25) is 0 Å². The summed E-state index contributed by atoms with van der Waals surface area (Å²) < 4.78 is 0. The Kier molecular flexibility index (Phi) is 5.33. The molecule has 1 atom stereocenters. The van der Waals surface area contributed by atoms with Gasteiger partial charge in [0.25, 0.3) is 0 Å². The number of hydrogen-bond donors (Lipinski definition) is 2. The fraction of sp³-hybridized carbons (Fsp3) is 0.250. The number of hydrogen-bond acceptors (Lipinski definition) is 6. The highest BCUT2D eigenvalue weighted by atomic mass is 32.2. The Hall–Kier alpha value is -2.41. The molecule has 0 saturated carbocycles. The monoisotopic (exact) mass is 330 g/mol. The molecule has 7 heteroatoms. The molecule has 1 heterocycles. The molecule has 1 amide bonds. The van der Waals surface area contributed by atoms with Gasteiger partial charge in [0, 0.05) is 17.3 Å². The van der Waals surface area contributed by atoms with E-state index >= 15 is 0 Å². The lowest BCUT2D eigenvalue weighted by molar-refractivity contribution is -0.115. The number of anilines is 2. The first-order valence-electron chi connectivity index (χ1n) is 7.05. The van der Waals surface area contributed by atoms with Gasteiger partial charge in [0.1, 0.15) is 5.82 Å². The summed E-state index contributed by atoms with van der Waals surface area (Å²) in [6.07, 6.45) is 0. The minimum atomic E-state index is -0.434. The van der Waals surface area contributed by atoms with Gasteiger partial charge < -0.3 is 11.1 Å². The van der Waals surface area contributed by atoms with Crippen LogP contribution in [-0.2, 0) is 4.79 Å². The van der Waals surface area contributed by atoms with Gasteiger partial charge in [-0.3, -0.25) is 9.59 Å². The van der Waals surface area contributed by atoms with Crippen molar-refractivity contribution >= 4 is 35.0 Å². The van der Waals surface area contributed by atoms with E-state index in [1.54, 1.807) is 37.3 Å². The second-order valence-electron chi connectivity index (χ2n) is 5.07. The molecule has 23 heavy (non-hydrogen) atoms. The van der Waals surface area contributed by atoms with E-state index in [1.807, 2.05) is 6.92 Å². The van der Waals surface area contributed by atoms with Crippen molar-refractivity contribution in [2.45, 2.75) is 31.2 Å². The first-order valence-corrected chi connectivity index (χ1v) is 7.93. The number of para-hydroxylation sites is 1. The summed E-state index contributed by atoms with van der Waals surface area (Å²) in [4.78, 5) is 32.3. The fourth-order valence-corrected chi connectivity index (χ4v) is 2.80. The lowest BCUT2D eigenvalue weighted by atomic mass is 10.1. The summed E-state index contributed by atoms with van der Waals surface area (Å²) in [5.74, 6) is 0.0397. The van der Waals surface area contributed by atoms with Crippen molar-refractivity contribution in [1.29, 1.82) is 0 Å². The maximum atomic E-state index is 12.3. The summed E-state index contributed by atoms with van der Waals surface area (Å²) in [5, 5.41) is 2.79. The second-order valence-corrected chi connectivity index (χ2v) is 6.38. The molecule has 0 unspecified atom stereocenters. The number of thioether (sulfide) groups is 1. The van der Waals surface area contributed by atoms with Crippen LogP contribution in [0.1, 0.15) is 29.9 Å². The topological polar surface area (TPSA) is 98.0 Å². The number of rotatable bonds is 5. The molecule has 2 aromatic rings. The molecule has 120 valence electrons. The molecule has 0 spiro atoms. The van der Waals surface area contributed by atoms with Gasteiger partial charge in [-0.15, -0.1) is 0 Å². The van der Waals surface area contributed by atoms with Gasteiger partial charge in [-0.2, -0.15) is 0 Å². The number of aryl methyl sites for hydroxylation is 1. The Morgan fingerprint density at radius 1 is 1.26 bits per heavy atom. The predicted molar refractivity (Wildman–Crippen MR) is 91.6 cm³/mol. The molecule has 2 rings (SSSR count). The average Bonchev–Trinajstić information content (AvgIpc) is 2.46. The number of carbonyl (C=O) groups is 2. The number of nitrogens with zero attached hydrogens (tertiary/aromatic N) is 2. The third-order valence-corrected chi connectivity index (χ3v) is 4.03. The predicted octanol–water partition coefficient (Wildman–Crippen LogP) is 2.69. The summed E-state index contributed by atoms with van der Waals surface area (Å²) in [7, 11) is 0. The maximum Gasteiger partial charge on any atom is 0.237 e. The van der Waals surface area contributed by atoms with Crippen LogP contribution in [0.25, 0.3) is 0 Å². The average molecular weight is 330 g/mol. The molecule has 0 fully saturated rings. The summed E-state index contributed by atoms with van der Waals surface area (Å²) in [5.41, 5.74) is 7.41. The normalized spacial score (nSPS) is 11.8. The molecule has 6 nitrogen and oxygen atoms in total. The zero-order valence-electron chi connectivity index (χ0n) is 13.2. The van der Waals surface area contributed by atoms with Gasteiger partial charge in [0.2, 0.25) is 5.91 Å². The number of nitrogens with two attached hydrogens (primary N) is 1. The number of nitrogen functional groups attached to an aromatic ring is 1. The molecule has 0 aliphatic heterocycles. The molecule has 0 aliphatic rings. The SMILES string of the molecule is CC(=O)c1ccccc1NC(=O)[C@@H](C)Sc1nc(C)cc(N)n1. The number of aromatic nitrogens is 2.